The lowest BCUT2D eigenvalue weighted by Crippen LogP contribution is -2.27. The Bertz CT molecular complexity index is 131. The molecule has 0 fully saturated rings. The fraction of sp³-hybridized carbons (Fsp3) is 1.00. The molecule has 3 heteroatoms. The highest BCUT2D eigenvalue weighted by molar-refractivity contribution is 9.09. The minimum atomic E-state index is -2.54. The maximum Gasteiger partial charge on any atom is 0.246 e. The van der Waals surface area contributed by atoms with E-state index in [-0.39, 0.29) is 11.8 Å². The monoisotopic (exact) mass is 242 g/mol. The summed E-state index contributed by atoms with van der Waals surface area (Å²) < 4.78 is 25.4. The Kier molecular flexibility index (Phi) is 4.67. The van der Waals surface area contributed by atoms with Crippen molar-refractivity contribution in [2.24, 2.45) is 5.41 Å². The summed E-state index contributed by atoms with van der Waals surface area (Å²) in [6.07, 6.45) is 1.78. The normalized spacial score (nSPS) is 17.5. The van der Waals surface area contributed by atoms with Gasteiger partial charge < -0.3 is 0 Å². The molecule has 0 bridgehead atoms. The molecule has 0 aliphatic heterocycles. The lowest BCUT2D eigenvalue weighted by molar-refractivity contribution is -0.0215. The van der Waals surface area contributed by atoms with E-state index in [1.54, 1.807) is 0 Å². The first-order valence-electron chi connectivity index (χ1n) is 4.27. The summed E-state index contributed by atoms with van der Waals surface area (Å²) in [5.41, 5.74) is -0.257. The summed E-state index contributed by atoms with van der Waals surface area (Å²) in [5, 5.41) is 0.650. The van der Waals surface area contributed by atoms with Gasteiger partial charge in [0.25, 0.3) is 0 Å². The van der Waals surface area contributed by atoms with Crippen molar-refractivity contribution in [2.45, 2.75) is 46.0 Å². The van der Waals surface area contributed by atoms with Crippen LogP contribution >= 0.6 is 15.9 Å². The van der Waals surface area contributed by atoms with Crippen molar-refractivity contribution in [1.82, 2.24) is 0 Å². The first kappa shape index (κ1) is 12.3. The standard InChI is InChI=1S/C9H17BrF2/c1-4-5-8(2,7-10)6-9(3,11)12/h4-7H2,1-3H3. The number of hydrogen-bond acceptors (Lipinski definition) is 0. The summed E-state index contributed by atoms with van der Waals surface area (Å²) in [7, 11) is 0. The van der Waals surface area contributed by atoms with Crippen molar-refractivity contribution < 1.29 is 8.78 Å². The Hall–Kier alpha value is 0.340. The molecule has 0 aromatic heterocycles. The third kappa shape index (κ3) is 5.07. The first-order valence-corrected chi connectivity index (χ1v) is 5.39. The minimum Gasteiger partial charge on any atom is -0.207 e. The van der Waals surface area contributed by atoms with Crippen LogP contribution in [0.3, 0.4) is 0 Å². The molecule has 0 amide bonds. The Morgan fingerprint density at radius 3 is 2.00 bits per heavy atom. The molecular formula is C9H17BrF2. The summed E-state index contributed by atoms with van der Waals surface area (Å²) in [4.78, 5) is 0. The van der Waals surface area contributed by atoms with E-state index in [1.807, 2.05) is 13.8 Å². The second kappa shape index (κ2) is 4.54. The van der Waals surface area contributed by atoms with Crippen molar-refractivity contribution in [2.75, 3.05) is 5.33 Å². The van der Waals surface area contributed by atoms with Crippen LogP contribution in [0.25, 0.3) is 0 Å². The maximum atomic E-state index is 12.7. The van der Waals surface area contributed by atoms with Gasteiger partial charge in [-0.25, -0.2) is 8.78 Å². The molecular weight excluding hydrogens is 226 g/mol. The van der Waals surface area contributed by atoms with Crippen molar-refractivity contribution in [3.63, 3.8) is 0 Å². The van der Waals surface area contributed by atoms with Crippen LogP contribution in [0.1, 0.15) is 40.0 Å². The van der Waals surface area contributed by atoms with Crippen LogP contribution in [-0.4, -0.2) is 11.3 Å². The first-order chi connectivity index (χ1) is 5.33. The quantitative estimate of drug-likeness (QED) is 0.634. The molecule has 0 aromatic carbocycles. The minimum absolute atomic E-state index is 0.0287. The Morgan fingerprint density at radius 1 is 1.25 bits per heavy atom. The van der Waals surface area contributed by atoms with Crippen molar-refractivity contribution in [1.29, 1.82) is 0 Å². The Balaban J connectivity index is 4.14. The molecule has 0 aliphatic carbocycles. The molecule has 12 heavy (non-hydrogen) atoms. The lowest BCUT2D eigenvalue weighted by atomic mass is 9.82. The number of rotatable bonds is 5. The molecule has 74 valence electrons. The second-order valence-corrected chi connectivity index (χ2v) is 4.50. The van der Waals surface area contributed by atoms with Gasteiger partial charge in [0.1, 0.15) is 0 Å². The number of halogens is 3. The van der Waals surface area contributed by atoms with E-state index in [2.05, 4.69) is 15.9 Å². The fourth-order valence-electron chi connectivity index (χ4n) is 1.56. The fourth-order valence-corrected chi connectivity index (χ4v) is 2.03. The van der Waals surface area contributed by atoms with Crippen LogP contribution < -0.4 is 0 Å². The zero-order valence-corrected chi connectivity index (χ0v) is 9.55. The molecule has 0 saturated carbocycles. The predicted octanol–water partition coefficient (Wildman–Crippen LogP) is 4.23. The summed E-state index contributed by atoms with van der Waals surface area (Å²) in [6, 6.07) is 0. The maximum absolute atomic E-state index is 12.7. The molecule has 0 aliphatic rings. The summed E-state index contributed by atoms with van der Waals surface area (Å²) >= 11 is 3.29. The van der Waals surface area contributed by atoms with E-state index in [1.165, 1.54) is 0 Å². The molecule has 0 nitrogen and oxygen atoms in total. The zero-order chi connectivity index (χ0) is 9.83. The Labute approximate surface area is 81.9 Å². The molecule has 0 radical (unpaired) electrons. The van der Waals surface area contributed by atoms with Crippen LogP contribution in [0.15, 0.2) is 0 Å². The van der Waals surface area contributed by atoms with Gasteiger partial charge in [-0.15, -0.1) is 0 Å². The molecule has 0 saturated heterocycles. The van der Waals surface area contributed by atoms with Crippen LogP contribution in [0.5, 0.6) is 0 Å². The zero-order valence-electron chi connectivity index (χ0n) is 7.96. The van der Waals surface area contributed by atoms with Crippen LogP contribution in [0.4, 0.5) is 8.78 Å². The van der Waals surface area contributed by atoms with E-state index in [9.17, 15) is 8.78 Å². The predicted molar refractivity (Wildman–Crippen MR) is 52.0 cm³/mol. The molecule has 1 unspecified atom stereocenters. The second-order valence-electron chi connectivity index (χ2n) is 3.94. The smallest absolute Gasteiger partial charge is 0.207 e. The third-order valence-electron chi connectivity index (χ3n) is 1.91. The van der Waals surface area contributed by atoms with Gasteiger partial charge in [-0.2, -0.15) is 0 Å². The van der Waals surface area contributed by atoms with E-state index in [4.69, 9.17) is 0 Å². The van der Waals surface area contributed by atoms with Gasteiger partial charge in [-0.05, 0) is 18.8 Å². The molecule has 0 N–H and O–H groups in total. The van der Waals surface area contributed by atoms with E-state index < -0.39 is 5.92 Å². The van der Waals surface area contributed by atoms with Crippen LogP contribution in [-0.2, 0) is 0 Å². The van der Waals surface area contributed by atoms with Crippen LogP contribution in [0, 0.1) is 5.41 Å². The van der Waals surface area contributed by atoms with Crippen LogP contribution in [0.2, 0.25) is 0 Å². The van der Waals surface area contributed by atoms with E-state index in [0.717, 1.165) is 19.8 Å². The number of alkyl halides is 3. The third-order valence-corrected chi connectivity index (χ3v) is 3.27. The topological polar surface area (TPSA) is 0 Å². The van der Waals surface area contributed by atoms with Gasteiger partial charge in [-0.1, -0.05) is 36.2 Å². The van der Waals surface area contributed by atoms with E-state index >= 15 is 0 Å². The molecule has 0 heterocycles. The van der Waals surface area contributed by atoms with Gasteiger partial charge in [-0.3, -0.25) is 0 Å². The largest absolute Gasteiger partial charge is 0.246 e. The molecule has 1 atom stereocenters. The molecule has 0 rings (SSSR count). The van der Waals surface area contributed by atoms with Gasteiger partial charge in [0.2, 0.25) is 5.92 Å². The highest BCUT2D eigenvalue weighted by atomic mass is 79.9. The lowest BCUT2D eigenvalue weighted by Gasteiger charge is -2.29. The Morgan fingerprint density at radius 2 is 1.75 bits per heavy atom. The van der Waals surface area contributed by atoms with Gasteiger partial charge in [0.05, 0.1) is 0 Å². The molecule has 0 spiro atoms. The highest BCUT2D eigenvalue weighted by Crippen LogP contribution is 2.37. The van der Waals surface area contributed by atoms with Crippen molar-refractivity contribution in [3.8, 4) is 0 Å². The van der Waals surface area contributed by atoms with E-state index in [0.29, 0.717) is 5.33 Å². The average Bonchev–Trinajstić information content (AvgIpc) is 1.84. The average molecular weight is 243 g/mol. The SMILES string of the molecule is CCCC(C)(CBr)CC(C)(F)F. The summed E-state index contributed by atoms with van der Waals surface area (Å²) in [5.74, 6) is -2.54. The van der Waals surface area contributed by atoms with Crippen molar-refractivity contribution >= 4 is 15.9 Å². The number of hydrogen-bond donors (Lipinski definition) is 0. The highest BCUT2D eigenvalue weighted by Gasteiger charge is 2.33. The van der Waals surface area contributed by atoms with Gasteiger partial charge in [0, 0.05) is 11.8 Å². The van der Waals surface area contributed by atoms with Gasteiger partial charge >= 0.3 is 0 Å². The van der Waals surface area contributed by atoms with Crippen molar-refractivity contribution in [3.05, 3.63) is 0 Å². The summed E-state index contributed by atoms with van der Waals surface area (Å²) in [6.45, 7) is 4.92. The van der Waals surface area contributed by atoms with Gasteiger partial charge in [0.15, 0.2) is 0 Å². The molecule has 0 aromatic rings.